The van der Waals surface area contributed by atoms with Crippen LogP contribution in [-0.4, -0.2) is 11.2 Å². The predicted molar refractivity (Wildman–Crippen MR) is 60.4 cm³/mol. The van der Waals surface area contributed by atoms with Crippen LogP contribution in [0.25, 0.3) is 0 Å². The van der Waals surface area contributed by atoms with Gasteiger partial charge in [-0.2, -0.15) is 0 Å². The lowest BCUT2D eigenvalue weighted by molar-refractivity contribution is 0.104. The smallest absolute Gasteiger partial charge is 0.123 e. The van der Waals surface area contributed by atoms with Crippen LogP contribution in [0.2, 0.25) is 0 Å². The van der Waals surface area contributed by atoms with E-state index in [1.807, 2.05) is 0 Å². The van der Waals surface area contributed by atoms with Gasteiger partial charge >= 0.3 is 0 Å². The first-order valence-electron chi connectivity index (χ1n) is 6.15. The Morgan fingerprint density at radius 3 is 2.38 bits per heavy atom. The van der Waals surface area contributed by atoms with Crippen LogP contribution >= 0.6 is 0 Å². The Balaban J connectivity index is 1.59. The van der Waals surface area contributed by atoms with Crippen molar-refractivity contribution in [1.82, 2.24) is 0 Å². The first-order chi connectivity index (χ1) is 7.72. The van der Waals surface area contributed by atoms with Gasteiger partial charge in [-0.3, -0.25) is 0 Å². The zero-order valence-electron chi connectivity index (χ0n) is 9.27. The van der Waals surface area contributed by atoms with E-state index in [-0.39, 0.29) is 11.9 Å². The molecule has 0 amide bonds. The highest BCUT2D eigenvalue weighted by molar-refractivity contribution is 5.17. The number of fused-ring (bicyclic) bond motifs is 1. The maximum Gasteiger partial charge on any atom is 0.123 e. The highest BCUT2D eigenvalue weighted by Crippen LogP contribution is 2.55. The third-order valence-corrected chi connectivity index (χ3v) is 4.18. The van der Waals surface area contributed by atoms with Gasteiger partial charge in [-0.1, -0.05) is 12.1 Å². The van der Waals surface area contributed by atoms with Gasteiger partial charge in [0, 0.05) is 0 Å². The molecular weight excluding hydrogens is 203 g/mol. The second-order valence-electron chi connectivity index (χ2n) is 5.39. The number of benzene rings is 1. The van der Waals surface area contributed by atoms with Gasteiger partial charge < -0.3 is 5.11 Å². The molecule has 1 aromatic rings. The van der Waals surface area contributed by atoms with E-state index in [2.05, 4.69) is 0 Å². The lowest BCUT2D eigenvalue weighted by Gasteiger charge is -2.19. The van der Waals surface area contributed by atoms with E-state index in [0.29, 0.717) is 12.3 Å². The number of aliphatic hydroxyl groups is 1. The van der Waals surface area contributed by atoms with Crippen molar-refractivity contribution >= 4 is 0 Å². The fourth-order valence-electron chi connectivity index (χ4n) is 3.10. The Kier molecular flexibility index (Phi) is 2.47. The summed E-state index contributed by atoms with van der Waals surface area (Å²) in [5, 5.41) is 10.1. The van der Waals surface area contributed by atoms with Crippen LogP contribution in [0.5, 0.6) is 0 Å². The summed E-state index contributed by atoms with van der Waals surface area (Å²) in [5.74, 6) is 2.09. The number of halogens is 1. The van der Waals surface area contributed by atoms with Crippen molar-refractivity contribution < 1.29 is 9.50 Å². The minimum absolute atomic E-state index is 0.208. The van der Waals surface area contributed by atoms with Crippen molar-refractivity contribution in [1.29, 1.82) is 0 Å². The molecule has 2 aliphatic rings. The molecule has 0 radical (unpaired) electrons. The minimum atomic E-state index is -0.238. The Hall–Kier alpha value is -0.890. The molecule has 86 valence electrons. The van der Waals surface area contributed by atoms with Crippen LogP contribution < -0.4 is 0 Å². The normalized spacial score (nSPS) is 33.5. The molecule has 0 saturated heterocycles. The third kappa shape index (κ3) is 1.99. The maximum atomic E-state index is 12.7. The van der Waals surface area contributed by atoms with Crippen molar-refractivity contribution in [3.8, 4) is 0 Å². The van der Waals surface area contributed by atoms with Crippen molar-refractivity contribution in [2.45, 2.75) is 31.8 Å². The molecule has 16 heavy (non-hydrogen) atoms. The first kappa shape index (κ1) is 10.3. The molecule has 2 heteroatoms. The quantitative estimate of drug-likeness (QED) is 0.830. The molecule has 1 aromatic carbocycles. The fraction of sp³-hybridized carbons (Fsp3) is 0.571. The van der Waals surface area contributed by atoms with Gasteiger partial charge in [0.1, 0.15) is 5.82 Å². The second-order valence-corrected chi connectivity index (χ2v) is 5.39. The number of hydrogen-bond acceptors (Lipinski definition) is 1. The van der Waals surface area contributed by atoms with Gasteiger partial charge in [0.15, 0.2) is 0 Å². The van der Waals surface area contributed by atoms with Crippen LogP contribution in [0, 0.1) is 23.6 Å². The van der Waals surface area contributed by atoms with E-state index in [9.17, 15) is 9.50 Å². The van der Waals surface area contributed by atoms with E-state index in [0.717, 1.165) is 17.4 Å². The largest absolute Gasteiger partial charge is 0.392 e. The number of aliphatic hydroxyl groups excluding tert-OH is 1. The number of hydrogen-bond donors (Lipinski definition) is 1. The molecule has 2 saturated carbocycles. The summed E-state index contributed by atoms with van der Waals surface area (Å²) in [6.45, 7) is 0. The average molecular weight is 220 g/mol. The minimum Gasteiger partial charge on any atom is -0.392 e. The highest BCUT2D eigenvalue weighted by atomic mass is 19.1. The van der Waals surface area contributed by atoms with E-state index < -0.39 is 0 Å². The van der Waals surface area contributed by atoms with Gasteiger partial charge in [-0.05, 0) is 61.1 Å². The SMILES string of the molecule is OC(Cc1ccc(F)cc1)C1CC2CC2C1. The van der Waals surface area contributed by atoms with Crippen LogP contribution in [0.3, 0.4) is 0 Å². The van der Waals surface area contributed by atoms with Crippen molar-refractivity contribution in [3.63, 3.8) is 0 Å². The Labute approximate surface area is 95.3 Å². The lowest BCUT2D eigenvalue weighted by atomic mass is 9.92. The molecule has 3 rings (SSSR count). The highest BCUT2D eigenvalue weighted by Gasteiger charge is 2.47. The number of rotatable bonds is 3. The van der Waals surface area contributed by atoms with Gasteiger partial charge in [0.25, 0.3) is 0 Å². The first-order valence-corrected chi connectivity index (χ1v) is 6.15. The van der Waals surface area contributed by atoms with Gasteiger partial charge in [0.2, 0.25) is 0 Å². The maximum absolute atomic E-state index is 12.7. The van der Waals surface area contributed by atoms with E-state index in [1.54, 1.807) is 12.1 Å². The molecule has 1 N–H and O–H groups in total. The topological polar surface area (TPSA) is 20.2 Å². The van der Waals surface area contributed by atoms with E-state index >= 15 is 0 Å². The average Bonchev–Trinajstić information content (AvgIpc) is 2.89. The molecule has 2 fully saturated rings. The van der Waals surface area contributed by atoms with E-state index in [4.69, 9.17) is 0 Å². The molecule has 1 nitrogen and oxygen atoms in total. The predicted octanol–water partition coefficient (Wildman–Crippen LogP) is 2.78. The molecule has 3 atom stereocenters. The van der Waals surface area contributed by atoms with Crippen LogP contribution in [0.4, 0.5) is 4.39 Å². The van der Waals surface area contributed by atoms with Gasteiger partial charge in [-0.25, -0.2) is 4.39 Å². The van der Waals surface area contributed by atoms with Crippen LogP contribution in [-0.2, 0) is 6.42 Å². The Morgan fingerprint density at radius 2 is 1.75 bits per heavy atom. The van der Waals surface area contributed by atoms with Gasteiger partial charge in [-0.15, -0.1) is 0 Å². The molecular formula is C14H17FO. The standard InChI is InChI=1S/C14H17FO/c15-13-3-1-9(2-4-13)5-14(16)12-7-10-6-11(10)8-12/h1-4,10-12,14,16H,5-8H2. The van der Waals surface area contributed by atoms with Crippen LogP contribution in [0.15, 0.2) is 24.3 Å². The monoisotopic (exact) mass is 220 g/mol. The summed E-state index contributed by atoms with van der Waals surface area (Å²) in [5.41, 5.74) is 1.04. The van der Waals surface area contributed by atoms with Crippen molar-refractivity contribution in [3.05, 3.63) is 35.6 Å². The summed E-state index contributed by atoms with van der Waals surface area (Å²) in [7, 11) is 0. The Bertz CT molecular complexity index is 363. The summed E-state index contributed by atoms with van der Waals surface area (Å²) < 4.78 is 12.7. The second kappa shape index (κ2) is 3.85. The third-order valence-electron chi connectivity index (χ3n) is 4.18. The lowest BCUT2D eigenvalue weighted by Crippen LogP contribution is -2.21. The van der Waals surface area contributed by atoms with E-state index in [1.165, 1.54) is 31.4 Å². The van der Waals surface area contributed by atoms with Crippen molar-refractivity contribution in [2.75, 3.05) is 0 Å². The summed E-state index contributed by atoms with van der Waals surface area (Å²) >= 11 is 0. The molecule has 0 bridgehead atoms. The summed E-state index contributed by atoms with van der Waals surface area (Å²) in [6.07, 6.45) is 4.22. The van der Waals surface area contributed by atoms with Crippen molar-refractivity contribution in [2.24, 2.45) is 17.8 Å². The molecule has 0 aliphatic heterocycles. The summed E-state index contributed by atoms with van der Waals surface area (Å²) in [4.78, 5) is 0. The van der Waals surface area contributed by atoms with Crippen LogP contribution in [0.1, 0.15) is 24.8 Å². The fourth-order valence-corrected chi connectivity index (χ4v) is 3.10. The molecule has 0 heterocycles. The van der Waals surface area contributed by atoms with Gasteiger partial charge in [0.05, 0.1) is 6.10 Å². The molecule has 0 aromatic heterocycles. The molecule has 2 aliphatic carbocycles. The zero-order valence-corrected chi connectivity index (χ0v) is 9.27. The Morgan fingerprint density at radius 1 is 1.12 bits per heavy atom. The zero-order chi connectivity index (χ0) is 11.1. The molecule has 0 spiro atoms. The summed E-state index contributed by atoms with van der Waals surface area (Å²) in [6, 6.07) is 6.48. The molecule has 3 unspecified atom stereocenters.